The lowest BCUT2D eigenvalue weighted by Crippen LogP contribution is -2.58. The van der Waals surface area contributed by atoms with Gasteiger partial charge in [0.2, 0.25) is 0 Å². The Hall–Kier alpha value is -3.81. The molecule has 1 atom stereocenters. The number of benzene rings is 2. The molecule has 0 spiro atoms. The number of hydrogen-bond acceptors (Lipinski definition) is 5. The first-order valence-corrected chi connectivity index (χ1v) is 11.4. The smallest absolute Gasteiger partial charge is 0.255 e. The van der Waals surface area contributed by atoms with Crippen LogP contribution in [-0.2, 0) is 17.6 Å². The predicted octanol–water partition coefficient (Wildman–Crippen LogP) is 4.62. The van der Waals surface area contributed by atoms with E-state index in [9.17, 15) is 14.0 Å². The van der Waals surface area contributed by atoms with E-state index in [1.165, 1.54) is 24.3 Å². The van der Waals surface area contributed by atoms with Gasteiger partial charge < -0.3 is 15.1 Å². The van der Waals surface area contributed by atoms with Crippen LogP contribution in [0.2, 0.25) is 0 Å². The molecule has 3 heterocycles. The molecule has 1 aromatic heterocycles. The molecule has 182 valence electrons. The molecule has 0 radical (unpaired) electrons. The third-order valence-corrected chi connectivity index (χ3v) is 6.78. The molecular weight excluding hydrogens is 445 g/mol. The SMILES string of the molecule is C.CN1C(=O)[C@@]2(C)CCCN2c2nc(CCc3ccc(C(=O)Nc4ccc(F)cc4)cc3)ncc21. The van der Waals surface area contributed by atoms with E-state index in [0.717, 1.165) is 48.7 Å². The van der Waals surface area contributed by atoms with Crippen molar-refractivity contribution >= 4 is 29.0 Å². The van der Waals surface area contributed by atoms with Crippen LogP contribution in [0, 0.1) is 5.82 Å². The lowest BCUT2D eigenvalue weighted by molar-refractivity contribution is -0.123. The predicted molar refractivity (Wildman–Crippen MR) is 135 cm³/mol. The quantitative estimate of drug-likeness (QED) is 0.582. The number of carbonyl (C=O) groups is 2. The number of fused-ring (bicyclic) bond motifs is 3. The van der Waals surface area contributed by atoms with Crippen LogP contribution in [0.3, 0.4) is 0 Å². The van der Waals surface area contributed by atoms with Gasteiger partial charge in [0, 0.05) is 31.3 Å². The monoisotopic (exact) mass is 475 g/mol. The second-order valence-corrected chi connectivity index (χ2v) is 9.05. The third kappa shape index (κ3) is 4.48. The number of carbonyl (C=O) groups excluding carboxylic acids is 2. The highest BCUT2D eigenvalue weighted by Crippen LogP contribution is 2.43. The minimum Gasteiger partial charge on any atom is -0.340 e. The maximum Gasteiger partial charge on any atom is 0.255 e. The lowest BCUT2D eigenvalue weighted by atomic mass is 9.94. The van der Waals surface area contributed by atoms with Crippen LogP contribution < -0.4 is 15.1 Å². The fourth-order valence-electron chi connectivity index (χ4n) is 4.77. The Kier molecular flexibility index (Phi) is 6.56. The summed E-state index contributed by atoms with van der Waals surface area (Å²) in [6, 6.07) is 13.1. The number of anilines is 3. The van der Waals surface area contributed by atoms with Gasteiger partial charge in [-0.1, -0.05) is 19.6 Å². The number of amides is 2. The molecule has 0 aliphatic carbocycles. The summed E-state index contributed by atoms with van der Waals surface area (Å²) < 4.78 is 13.0. The van der Waals surface area contributed by atoms with Crippen molar-refractivity contribution in [3.8, 4) is 0 Å². The van der Waals surface area contributed by atoms with E-state index < -0.39 is 5.54 Å². The van der Waals surface area contributed by atoms with Crippen molar-refractivity contribution in [2.45, 2.75) is 45.6 Å². The zero-order valence-corrected chi connectivity index (χ0v) is 19.2. The molecular formula is C27H30FN5O2. The summed E-state index contributed by atoms with van der Waals surface area (Å²) in [4.78, 5) is 38.4. The van der Waals surface area contributed by atoms with Gasteiger partial charge in [-0.3, -0.25) is 9.59 Å². The van der Waals surface area contributed by atoms with Crippen molar-refractivity contribution in [3.05, 3.63) is 77.5 Å². The van der Waals surface area contributed by atoms with Crippen LogP contribution in [0.5, 0.6) is 0 Å². The van der Waals surface area contributed by atoms with Crippen LogP contribution in [0.25, 0.3) is 0 Å². The molecule has 5 rings (SSSR count). The molecule has 2 aromatic carbocycles. The van der Waals surface area contributed by atoms with Gasteiger partial charge in [0.05, 0.1) is 6.20 Å². The number of rotatable bonds is 5. The number of aromatic nitrogens is 2. The van der Waals surface area contributed by atoms with Crippen LogP contribution in [-0.4, -0.2) is 40.9 Å². The minimum absolute atomic E-state index is 0. The van der Waals surface area contributed by atoms with Crippen molar-refractivity contribution in [1.29, 1.82) is 0 Å². The first kappa shape index (κ1) is 24.3. The Morgan fingerprint density at radius 1 is 1.11 bits per heavy atom. The molecule has 0 bridgehead atoms. The molecule has 35 heavy (non-hydrogen) atoms. The topological polar surface area (TPSA) is 78.4 Å². The number of likely N-dealkylation sites (N-methyl/N-ethyl adjacent to an activating group) is 1. The van der Waals surface area contributed by atoms with E-state index in [1.54, 1.807) is 30.3 Å². The third-order valence-electron chi connectivity index (χ3n) is 6.78. The second-order valence-electron chi connectivity index (χ2n) is 9.05. The Morgan fingerprint density at radius 2 is 1.83 bits per heavy atom. The van der Waals surface area contributed by atoms with Crippen LogP contribution >= 0.6 is 0 Å². The molecule has 8 heteroatoms. The van der Waals surface area contributed by atoms with E-state index in [1.807, 2.05) is 19.1 Å². The average Bonchev–Trinajstić information content (AvgIpc) is 3.26. The normalized spacial score (nSPS) is 18.5. The summed E-state index contributed by atoms with van der Waals surface area (Å²) in [5.41, 5.74) is 2.36. The number of aryl methyl sites for hydroxylation is 2. The van der Waals surface area contributed by atoms with Crippen molar-refractivity contribution in [1.82, 2.24) is 9.97 Å². The summed E-state index contributed by atoms with van der Waals surface area (Å²) in [6.07, 6.45) is 4.92. The molecule has 2 aliphatic heterocycles. The standard InChI is InChI=1S/C26H26FN5O2.CH4/c1-26-14-3-15-32(26)23-21(31(2)25(26)34)16-28-22(30-23)13-6-17-4-7-18(8-5-17)24(33)29-20-11-9-19(27)10-12-20;/h4-5,7-12,16H,3,6,13-15H2,1-2H3,(H,29,33);1H4/t26-;/m1./s1. The summed E-state index contributed by atoms with van der Waals surface area (Å²) >= 11 is 0. The number of hydrogen-bond donors (Lipinski definition) is 1. The molecule has 7 nitrogen and oxygen atoms in total. The van der Waals surface area contributed by atoms with Crippen LogP contribution in [0.15, 0.2) is 54.7 Å². The summed E-state index contributed by atoms with van der Waals surface area (Å²) in [6.45, 7) is 2.82. The van der Waals surface area contributed by atoms with Gasteiger partial charge in [0.1, 0.15) is 22.9 Å². The second kappa shape index (κ2) is 9.44. The molecule has 1 N–H and O–H groups in total. The summed E-state index contributed by atoms with van der Waals surface area (Å²) in [5.74, 6) is 1.06. The minimum atomic E-state index is -0.530. The van der Waals surface area contributed by atoms with Crippen molar-refractivity contribution in [3.63, 3.8) is 0 Å². The van der Waals surface area contributed by atoms with Gasteiger partial charge in [-0.2, -0.15) is 0 Å². The maximum atomic E-state index is 13.0. The van der Waals surface area contributed by atoms with Gasteiger partial charge in [-0.25, -0.2) is 14.4 Å². The van der Waals surface area contributed by atoms with Gasteiger partial charge in [-0.15, -0.1) is 0 Å². The summed E-state index contributed by atoms with van der Waals surface area (Å²) in [7, 11) is 1.79. The van der Waals surface area contributed by atoms with E-state index in [2.05, 4.69) is 15.2 Å². The summed E-state index contributed by atoms with van der Waals surface area (Å²) in [5, 5.41) is 2.76. The largest absolute Gasteiger partial charge is 0.340 e. The van der Waals surface area contributed by atoms with Crippen molar-refractivity contribution in [2.75, 3.05) is 28.7 Å². The molecule has 2 amide bonds. The zero-order chi connectivity index (χ0) is 23.9. The Balaban J connectivity index is 0.00000289. The van der Waals surface area contributed by atoms with E-state index >= 15 is 0 Å². The highest BCUT2D eigenvalue weighted by atomic mass is 19.1. The first-order valence-electron chi connectivity index (χ1n) is 11.4. The van der Waals surface area contributed by atoms with E-state index in [0.29, 0.717) is 17.7 Å². The number of nitrogens with one attached hydrogen (secondary N) is 1. The first-order chi connectivity index (χ1) is 16.3. The van der Waals surface area contributed by atoms with Gasteiger partial charge in [-0.05, 0) is 68.1 Å². The van der Waals surface area contributed by atoms with E-state index in [4.69, 9.17) is 4.98 Å². The number of nitrogens with zero attached hydrogens (tertiary/aromatic N) is 4. The van der Waals surface area contributed by atoms with Gasteiger partial charge in [0.25, 0.3) is 11.8 Å². The fraction of sp³-hybridized carbons (Fsp3) is 0.333. The van der Waals surface area contributed by atoms with Crippen LogP contribution in [0.4, 0.5) is 21.6 Å². The molecule has 0 unspecified atom stereocenters. The number of halogens is 1. The maximum absolute atomic E-state index is 13.0. The zero-order valence-electron chi connectivity index (χ0n) is 19.2. The van der Waals surface area contributed by atoms with E-state index in [-0.39, 0.29) is 25.1 Å². The fourth-order valence-corrected chi connectivity index (χ4v) is 4.77. The van der Waals surface area contributed by atoms with Gasteiger partial charge >= 0.3 is 0 Å². The molecule has 0 saturated carbocycles. The molecule has 3 aromatic rings. The van der Waals surface area contributed by atoms with Crippen LogP contribution in [0.1, 0.15) is 48.9 Å². The average molecular weight is 476 g/mol. The Labute approximate surface area is 205 Å². The molecule has 2 aliphatic rings. The molecule has 1 fully saturated rings. The Morgan fingerprint density at radius 3 is 2.54 bits per heavy atom. The highest BCUT2D eigenvalue weighted by molar-refractivity contribution is 6.07. The van der Waals surface area contributed by atoms with Crippen molar-refractivity contribution in [2.24, 2.45) is 0 Å². The highest BCUT2D eigenvalue weighted by Gasteiger charge is 2.50. The van der Waals surface area contributed by atoms with Gasteiger partial charge in [0.15, 0.2) is 5.82 Å². The molecule has 1 saturated heterocycles. The lowest BCUT2D eigenvalue weighted by Gasteiger charge is -2.43. The van der Waals surface area contributed by atoms with Crippen molar-refractivity contribution < 1.29 is 14.0 Å². The Bertz CT molecular complexity index is 1250.